The van der Waals surface area contributed by atoms with Gasteiger partial charge in [-0.2, -0.15) is 0 Å². The Morgan fingerprint density at radius 3 is 2.70 bits per heavy atom. The Morgan fingerprint density at radius 1 is 1.35 bits per heavy atom. The second-order valence-electron chi connectivity index (χ2n) is 4.26. The zero-order valence-corrected chi connectivity index (χ0v) is 11.8. The van der Waals surface area contributed by atoms with E-state index in [-0.39, 0.29) is 18.6 Å². The molecule has 0 saturated heterocycles. The number of carboxylic acid groups (broad SMARTS) is 1. The molecule has 0 amide bonds. The Morgan fingerprint density at radius 2 is 2.10 bits per heavy atom. The summed E-state index contributed by atoms with van der Waals surface area (Å²) >= 11 is 1.35. The van der Waals surface area contributed by atoms with Crippen molar-refractivity contribution in [1.82, 2.24) is 0 Å². The number of carboxylic acids is 1. The molecule has 1 aromatic carbocycles. The predicted molar refractivity (Wildman–Crippen MR) is 79.7 cm³/mol. The van der Waals surface area contributed by atoms with E-state index >= 15 is 0 Å². The summed E-state index contributed by atoms with van der Waals surface area (Å²) in [4.78, 5) is 23.0. The summed E-state index contributed by atoms with van der Waals surface area (Å²) in [6.07, 6.45) is 1.57. The number of methoxy groups -OCH3 is 1. The zero-order chi connectivity index (χ0) is 14.7. The van der Waals surface area contributed by atoms with Crippen molar-refractivity contribution >= 4 is 39.3 Å². The van der Waals surface area contributed by atoms with E-state index in [9.17, 15) is 9.59 Å². The predicted octanol–water partition coefficient (Wildman–Crippen LogP) is 3.60. The maximum atomic E-state index is 11.9. The molecule has 0 aliphatic carbocycles. The molecule has 0 bridgehead atoms. The lowest BCUT2D eigenvalue weighted by atomic mass is 10.1. The molecule has 20 heavy (non-hydrogen) atoms. The van der Waals surface area contributed by atoms with Crippen LogP contribution in [-0.4, -0.2) is 24.0 Å². The van der Waals surface area contributed by atoms with Crippen LogP contribution in [0.3, 0.4) is 0 Å². The first-order chi connectivity index (χ1) is 9.55. The third-order valence-electron chi connectivity index (χ3n) is 2.93. The lowest BCUT2D eigenvalue weighted by Gasteiger charge is -2.04. The molecule has 1 aromatic heterocycles. The monoisotopic (exact) mass is 290 g/mol. The van der Waals surface area contributed by atoms with Crippen LogP contribution in [0, 0.1) is 0 Å². The summed E-state index contributed by atoms with van der Waals surface area (Å²) in [5.41, 5.74) is 0.863. The molecule has 5 heteroatoms. The molecule has 0 aliphatic rings. The Bertz CT molecular complexity index is 684. The number of ether oxygens (including phenoxy) is 1. The van der Waals surface area contributed by atoms with E-state index < -0.39 is 5.97 Å². The van der Waals surface area contributed by atoms with Crippen LogP contribution >= 0.6 is 11.3 Å². The van der Waals surface area contributed by atoms with Crippen LogP contribution in [0.2, 0.25) is 0 Å². The van der Waals surface area contributed by atoms with Crippen LogP contribution < -0.4 is 4.74 Å². The lowest BCUT2D eigenvalue weighted by molar-refractivity contribution is -0.136. The fraction of sp³-hybridized carbons (Fsp3) is 0.200. The van der Waals surface area contributed by atoms with Crippen molar-refractivity contribution in [3.8, 4) is 5.75 Å². The van der Waals surface area contributed by atoms with Crippen LogP contribution in [0.25, 0.3) is 16.2 Å². The van der Waals surface area contributed by atoms with Crippen molar-refractivity contribution < 1.29 is 19.4 Å². The molecule has 4 nitrogen and oxygen atoms in total. The number of benzene rings is 1. The number of carbonyl (C=O) groups excluding carboxylic acids is 1. The number of fused-ring (bicyclic) bond motifs is 1. The van der Waals surface area contributed by atoms with Gasteiger partial charge in [0, 0.05) is 16.7 Å². The van der Waals surface area contributed by atoms with E-state index in [1.54, 1.807) is 19.3 Å². The van der Waals surface area contributed by atoms with E-state index in [1.807, 2.05) is 12.1 Å². The van der Waals surface area contributed by atoms with Gasteiger partial charge in [-0.25, -0.2) is 0 Å². The topological polar surface area (TPSA) is 63.6 Å². The molecule has 0 fully saturated rings. The summed E-state index contributed by atoms with van der Waals surface area (Å²) in [5, 5.41) is 9.54. The largest absolute Gasteiger partial charge is 0.496 e. The van der Waals surface area contributed by atoms with Gasteiger partial charge < -0.3 is 9.84 Å². The highest BCUT2D eigenvalue weighted by molar-refractivity contribution is 7.20. The number of aliphatic carboxylic acids is 1. The van der Waals surface area contributed by atoms with E-state index in [0.717, 1.165) is 15.6 Å². The van der Waals surface area contributed by atoms with Gasteiger partial charge in [0.1, 0.15) is 5.75 Å². The number of ketones is 1. The van der Waals surface area contributed by atoms with Gasteiger partial charge in [0.15, 0.2) is 5.78 Å². The molecule has 104 valence electrons. The smallest absolute Gasteiger partial charge is 0.303 e. The third-order valence-corrected chi connectivity index (χ3v) is 4.07. The highest BCUT2D eigenvalue weighted by Crippen LogP contribution is 2.33. The number of Topliss-reactive ketones (excluding diaryl/α,β-unsaturated/α-hetero) is 1. The fourth-order valence-corrected chi connectivity index (χ4v) is 2.94. The van der Waals surface area contributed by atoms with Crippen LogP contribution in [0.4, 0.5) is 0 Å². The zero-order valence-electron chi connectivity index (χ0n) is 11.0. The lowest BCUT2D eigenvalue weighted by Crippen LogP contribution is -2.01. The molecular formula is C15H14O4S. The third kappa shape index (κ3) is 2.88. The number of hydrogen-bond donors (Lipinski definition) is 1. The number of rotatable bonds is 6. The maximum Gasteiger partial charge on any atom is 0.303 e. The first kappa shape index (κ1) is 14.3. The van der Waals surface area contributed by atoms with Gasteiger partial charge in [-0.1, -0.05) is 12.7 Å². The van der Waals surface area contributed by atoms with Gasteiger partial charge in [-0.05, 0) is 23.6 Å². The normalized spacial score (nSPS) is 10.4. The van der Waals surface area contributed by atoms with Crippen LogP contribution in [0.5, 0.6) is 5.75 Å². The van der Waals surface area contributed by atoms with Gasteiger partial charge in [0.25, 0.3) is 0 Å². The number of thiophene rings is 1. The van der Waals surface area contributed by atoms with Gasteiger partial charge in [0.2, 0.25) is 0 Å². The molecule has 0 atom stereocenters. The molecule has 0 spiro atoms. The van der Waals surface area contributed by atoms with Crippen LogP contribution in [0.15, 0.2) is 24.8 Å². The quantitative estimate of drug-likeness (QED) is 0.826. The molecule has 1 heterocycles. The number of hydrogen-bond acceptors (Lipinski definition) is 4. The highest BCUT2D eigenvalue weighted by Gasteiger charge is 2.13. The molecule has 2 rings (SSSR count). The Balaban J connectivity index is 2.35. The summed E-state index contributed by atoms with van der Waals surface area (Å²) in [5.74, 6) is -0.401. The Hall–Kier alpha value is -2.14. The summed E-state index contributed by atoms with van der Waals surface area (Å²) in [6, 6.07) is 5.56. The molecule has 1 N–H and O–H groups in total. The van der Waals surface area contributed by atoms with Crippen LogP contribution in [-0.2, 0) is 4.79 Å². The van der Waals surface area contributed by atoms with E-state index in [0.29, 0.717) is 10.6 Å². The Kier molecular flexibility index (Phi) is 4.20. The molecular weight excluding hydrogens is 276 g/mol. The standard InChI is InChI=1S/C15H14O4S/c1-3-9-6-10-7-14(11(16)4-5-15(17)18)20-13(10)8-12(9)19-2/h3,6-8H,1,4-5H2,2H3,(H,17,18). The van der Waals surface area contributed by atoms with Crippen molar-refractivity contribution in [2.24, 2.45) is 0 Å². The summed E-state index contributed by atoms with van der Waals surface area (Å²) in [7, 11) is 1.58. The minimum atomic E-state index is -0.963. The van der Waals surface area contributed by atoms with Gasteiger partial charge in [-0.15, -0.1) is 11.3 Å². The SMILES string of the molecule is C=Cc1cc2cc(C(=O)CCC(=O)O)sc2cc1OC. The summed E-state index contributed by atoms with van der Waals surface area (Å²) in [6.45, 7) is 3.73. The van der Waals surface area contributed by atoms with Gasteiger partial charge in [0.05, 0.1) is 18.4 Å². The maximum absolute atomic E-state index is 11.9. The van der Waals surface area contributed by atoms with Crippen LogP contribution in [0.1, 0.15) is 28.1 Å². The second-order valence-corrected chi connectivity index (χ2v) is 5.35. The van der Waals surface area contributed by atoms with Gasteiger partial charge in [-0.3, -0.25) is 9.59 Å². The van der Waals surface area contributed by atoms with Crippen molar-refractivity contribution in [3.63, 3.8) is 0 Å². The highest BCUT2D eigenvalue weighted by atomic mass is 32.1. The van der Waals surface area contributed by atoms with Crippen molar-refractivity contribution in [3.05, 3.63) is 35.2 Å². The first-order valence-corrected chi connectivity index (χ1v) is 6.86. The molecule has 0 saturated carbocycles. The average Bonchev–Trinajstić information content (AvgIpc) is 2.85. The molecule has 0 radical (unpaired) electrons. The van der Waals surface area contributed by atoms with Crippen molar-refractivity contribution in [2.45, 2.75) is 12.8 Å². The minimum absolute atomic E-state index is 0.0214. The second kappa shape index (κ2) is 5.88. The average molecular weight is 290 g/mol. The van der Waals surface area contributed by atoms with E-state index in [4.69, 9.17) is 9.84 Å². The molecule has 0 aliphatic heterocycles. The Labute approximate surface area is 120 Å². The van der Waals surface area contributed by atoms with Gasteiger partial charge >= 0.3 is 5.97 Å². The first-order valence-electron chi connectivity index (χ1n) is 6.04. The summed E-state index contributed by atoms with van der Waals surface area (Å²) < 4.78 is 6.20. The molecule has 2 aromatic rings. The van der Waals surface area contributed by atoms with E-state index in [2.05, 4.69) is 6.58 Å². The van der Waals surface area contributed by atoms with Crippen molar-refractivity contribution in [1.29, 1.82) is 0 Å². The van der Waals surface area contributed by atoms with Crippen molar-refractivity contribution in [2.75, 3.05) is 7.11 Å². The van der Waals surface area contributed by atoms with E-state index in [1.165, 1.54) is 11.3 Å². The fourth-order valence-electron chi connectivity index (χ4n) is 1.90. The number of carbonyl (C=O) groups is 2. The molecule has 0 unspecified atom stereocenters. The minimum Gasteiger partial charge on any atom is -0.496 e.